The highest BCUT2D eigenvalue weighted by Crippen LogP contribution is 2.34. The molecule has 1 amide bonds. The number of methoxy groups -OCH3 is 2. The summed E-state index contributed by atoms with van der Waals surface area (Å²) in [5.74, 6) is 1.32. The molecule has 3 aromatic carbocycles. The van der Waals surface area contributed by atoms with Gasteiger partial charge in [0.1, 0.15) is 6.04 Å². The first kappa shape index (κ1) is 23.4. The summed E-state index contributed by atoms with van der Waals surface area (Å²) >= 11 is 6.09. The number of allylic oxidation sites excluding steroid dienone is 1. The van der Waals surface area contributed by atoms with Crippen molar-refractivity contribution < 1.29 is 14.3 Å². The minimum Gasteiger partial charge on any atom is -0.493 e. The molecule has 182 valence electrons. The van der Waals surface area contributed by atoms with Crippen molar-refractivity contribution in [3.63, 3.8) is 0 Å². The van der Waals surface area contributed by atoms with Gasteiger partial charge in [-0.25, -0.2) is 4.68 Å². The van der Waals surface area contributed by atoms with Gasteiger partial charge >= 0.3 is 0 Å². The number of amides is 1. The minimum atomic E-state index is -0.364. The van der Waals surface area contributed by atoms with Crippen LogP contribution in [0, 0.1) is 6.92 Å². The van der Waals surface area contributed by atoms with Crippen LogP contribution in [-0.4, -0.2) is 34.9 Å². The van der Waals surface area contributed by atoms with Crippen LogP contribution < -0.4 is 20.1 Å². The number of rotatable bonds is 6. The lowest BCUT2D eigenvalue weighted by atomic mass is 10.0. The Morgan fingerprint density at radius 3 is 2.42 bits per heavy atom. The second-order valence-corrected chi connectivity index (χ2v) is 8.73. The van der Waals surface area contributed by atoms with Gasteiger partial charge in [-0.15, -0.1) is 5.10 Å². The minimum absolute atomic E-state index is 0.181. The van der Waals surface area contributed by atoms with E-state index in [-0.39, 0.29) is 17.9 Å². The lowest BCUT2D eigenvalue weighted by Gasteiger charge is -2.24. The zero-order chi connectivity index (χ0) is 25.2. The molecular formula is C27H24ClN5O3. The van der Waals surface area contributed by atoms with Crippen molar-refractivity contribution in [3.05, 3.63) is 100 Å². The van der Waals surface area contributed by atoms with Crippen molar-refractivity contribution in [1.82, 2.24) is 14.8 Å². The van der Waals surface area contributed by atoms with Crippen molar-refractivity contribution in [2.24, 2.45) is 0 Å². The first-order valence-electron chi connectivity index (χ1n) is 11.3. The number of aromatic nitrogens is 3. The van der Waals surface area contributed by atoms with Crippen molar-refractivity contribution in [1.29, 1.82) is 0 Å². The molecular weight excluding hydrogens is 478 g/mol. The van der Waals surface area contributed by atoms with Crippen molar-refractivity contribution in [2.45, 2.75) is 13.0 Å². The number of anilines is 2. The third kappa shape index (κ3) is 4.63. The van der Waals surface area contributed by atoms with Crippen LogP contribution in [0.2, 0.25) is 5.02 Å². The first-order chi connectivity index (χ1) is 17.4. The fourth-order valence-electron chi connectivity index (χ4n) is 4.00. The van der Waals surface area contributed by atoms with E-state index in [1.54, 1.807) is 30.0 Å². The molecule has 2 N–H and O–H groups in total. The van der Waals surface area contributed by atoms with Crippen LogP contribution in [0.15, 0.2) is 72.8 Å². The van der Waals surface area contributed by atoms with Crippen LogP contribution in [0.3, 0.4) is 0 Å². The van der Waals surface area contributed by atoms with Crippen molar-refractivity contribution >= 4 is 35.1 Å². The summed E-state index contributed by atoms with van der Waals surface area (Å²) in [4.78, 5) is 17.5. The lowest BCUT2D eigenvalue weighted by Crippen LogP contribution is -2.20. The van der Waals surface area contributed by atoms with Crippen LogP contribution in [-0.2, 0) is 0 Å². The van der Waals surface area contributed by atoms with Crippen LogP contribution in [0.1, 0.15) is 33.1 Å². The van der Waals surface area contributed by atoms with Gasteiger partial charge in [-0.3, -0.25) is 10.1 Å². The highest BCUT2D eigenvalue weighted by atomic mass is 35.5. The second-order valence-electron chi connectivity index (χ2n) is 8.30. The van der Waals surface area contributed by atoms with Gasteiger partial charge in [-0.1, -0.05) is 53.6 Å². The molecule has 0 radical (unpaired) electrons. The van der Waals surface area contributed by atoms with Crippen LogP contribution >= 0.6 is 11.6 Å². The van der Waals surface area contributed by atoms with E-state index in [9.17, 15) is 4.79 Å². The van der Waals surface area contributed by atoms with E-state index in [0.29, 0.717) is 28.0 Å². The number of hydrogen-bond acceptors (Lipinski definition) is 6. The quantitative estimate of drug-likeness (QED) is 0.359. The van der Waals surface area contributed by atoms with E-state index in [1.807, 2.05) is 31.2 Å². The maximum absolute atomic E-state index is 13.0. The number of fused-ring (bicyclic) bond motifs is 1. The molecule has 1 unspecified atom stereocenters. The maximum Gasteiger partial charge on any atom is 0.258 e. The Bertz CT molecular complexity index is 1450. The van der Waals surface area contributed by atoms with Gasteiger partial charge in [0.25, 0.3) is 11.9 Å². The van der Waals surface area contributed by atoms with Crippen molar-refractivity contribution in [2.75, 3.05) is 24.9 Å². The van der Waals surface area contributed by atoms with Gasteiger partial charge in [0, 0.05) is 16.3 Å². The molecule has 1 aromatic heterocycles. The van der Waals surface area contributed by atoms with Gasteiger partial charge in [0.2, 0.25) is 5.95 Å². The maximum atomic E-state index is 13.0. The second kappa shape index (κ2) is 9.75. The molecule has 1 aliphatic rings. The summed E-state index contributed by atoms with van der Waals surface area (Å²) in [6.45, 7) is 2.05. The average molecular weight is 502 g/mol. The zero-order valence-corrected chi connectivity index (χ0v) is 20.7. The molecule has 1 atom stereocenters. The molecule has 0 saturated carbocycles. The molecule has 0 aliphatic carbocycles. The molecule has 0 bridgehead atoms. The number of nitrogens with one attached hydrogen (secondary N) is 2. The Hall–Kier alpha value is -4.30. The van der Waals surface area contributed by atoms with Gasteiger partial charge in [0.05, 0.1) is 14.2 Å². The molecule has 8 nitrogen and oxygen atoms in total. The van der Waals surface area contributed by atoms with E-state index in [4.69, 9.17) is 21.1 Å². The number of hydrogen-bond donors (Lipinski definition) is 2. The lowest BCUT2D eigenvalue weighted by molar-refractivity contribution is 0.102. The Labute approximate surface area is 213 Å². The molecule has 5 rings (SSSR count). The van der Waals surface area contributed by atoms with E-state index in [0.717, 1.165) is 22.4 Å². The summed E-state index contributed by atoms with van der Waals surface area (Å²) in [6, 6.07) is 20.5. The zero-order valence-electron chi connectivity index (χ0n) is 19.9. The summed E-state index contributed by atoms with van der Waals surface area (Å²) in [5.41, 5.74) is 4.42. The first-order valence-corrected chi connectivity index (χ1v) is 11.6. The highest BCUT2D eigenvalue weighted by Gasteiger charge is 2.26. The Balaban J connectivity index is 1.48. The smallest absolute Gasteiger partial charge is 0.258 e. The topological polar surface area (TPSA) is 90.3 Å². The van der Waals surface area contributed by atoms with Gasteiger partial charge in [0.15, 0.2) is 11.5 Å². The standard InChI is InChI=1S/C27H24ClN5O3/c1-16-4-6-18(7-5-16)22-15-21(17-8-11-20(28)12-9-17)29-27-31-26(32-33(22)27)30-25(34)19-10-13-23(35-2)24(14-19)36-3/h4-15,22H,1-3H3,(H2,29,30,31,32,34). The fraction of sp³-hybridized carbons (Fsp3) is 0.148. The fourth-order valence-corrected chi connectivity index (χ4v) is 4.12. The molecule has 1 aliphatic heterocycles. The third-order valence-electron chi connectivity index (χ3n) is 5.91. The Morgan fingerprint density at radius 1 is 1.00 bits per heavy atom. The number of benzene rings is 3. The number of carbonyl (C=O) groups is 1. The Kier molecular flexibility index (Phi) is 6.35. The summed E-state index contributed by atoms with van der Waals surface area (Å²) in [7, 11) is 3.06. The number of nitrogens with zero attached hydrogens (tertiary/aromatic N) is 3. The number of halogens is 1. The number of aryl methyl sites for hydroxylation is 1. The SMILES string of the molecule is COc1ccc(C(=O)Nc2nc3n(n2)C(c2ccc(C)cc2)C=C(c2ccc(Cl)cc2)N3)cc1OC. The molecule has 0 saturated heterocycles. The largest absolute Gasteiger partial charge is 0.493 e. The van der Waals surface area contributed by atoms with Crippen LogP contribution in [0.4, 0.5) is 11.9 Å². The Morgan fingerprint density at radius 2 is 1.72 bits per heavy atom. The highest BCUT2D eigenvalue weighted by molar-refractivity contribution is 6.30. The number of carbonyl (C=O) groups excluding carboxylic acids is 1. The third-order valence-corrected chi connectivity index (χ3v) is 6.16. The molecule has 4 aromatic rings. The van der Waals surface area contributed by atoms with E-state index < -0.39 is 0 Å². The van der Waals surface area contributed by atoms with Crippen LogP contribution in [0.5, 0.6) is 11.5 Å². The van der Waals surface area contributed by atoms with E-state index >= 15 is 0 Å². The van der Waals surface area contributed by atoms with Gasteiger partial charge < -0.3 is 14.8 Å². The predicted octanol–water partition coefficient (Wildman–Crippen LogP) is 5.57. The van der Waals surface area contributed by atoms with Gasteiger partial charge in [-0.2, -0.15) is 4.98 Å². The van der Waals surface area contributed by atoms with E-state index in [1.165, 1.54) is 7.11 Å². The summed E-state index contributed by atoms with van der Waals surface area (Å²) in [5, 5.41) is 11.4. The molecule has 0 fully saturated rings. The summed E-state index contributed by atoms with van der Waals surface area (Å²) in [6.07, 6.45) is 2.08. The molecule has 36 heavy (non-hydrogen) atoms. The number of ether oxygens (including phenoxy) is 2. The molecule has 0 spiro atoms. The van der Waals surface area contributed by atoms with Crippen molar-refractivity contribution in [3.8, 4) is 11.5 Å². The van der Waals surface area contributed by atoms with E-state index in [2.05, 4.69) is 51.1 Å². The molecule has 2 heterocycles. The average Bonchev–Trinajstić information content (AvgIpc) is 3.31. The monoisotopic (exact) mass is 501 g/mol. The van der Waals surface area contributed by atoms with Crippen LogP contribution in [0.25, 0.3) is 5.70 Å². The predicted molar refractivity (Wildman–Crippen MR) is 140 cm³/mol. The molecule has 9 heteroatoms. The van der Waals surface area contributed by atoms with Gasteiger partial charge in [-0.05, 0) is 54.5 Å². The summed E-state index contributed by atoms with van der Waals surface area (Å²) < 4.78 is 12.3. The normalized spacial score (nSPS) is 14.3.